The minimum absolute atomic E-state index is 1.06. The second-order valence-corrected chi connectivity index (χ2v) is 4.35. The molecular weight excluding hydrogens is 184 g/mol. The van der Waals surface area contributed by atoms with Gasteiger partial charge >= 0.3 is 0 Å². The summed E-state index contributed by atoms with van der Waals surface area (Å²) in [4.78, 5) is 4.62. The third-order valence-electron chi connectivity index (χ3n) is 3.13. The molecular formula is C13H19N2-. The Morgan fingerprint density at radius 2 is 1.53 bits per heavy atom. The fourth-order valence-corrected chi connectivity index (χ4v) is 2.28. The summed E-state index contributed by atoms with van der Waals surface area (Å²) in [5.74, 6) is 0. The molecule has 0 N–H and O–H groups in total. The van der Waals surface area contributed by atoms with Gasteiger partial charge in [0.15, 0.2) is 0 Å². The summed E-state index contributed by atoms with van der Waals surface area (Å²) >= 11 is 0. The van der Waals surface area contributed by atoms with Gasteiger partial charge in [0.1, 0.15) is 0 Å². The predicted molar refractivity (Wildman–Crippen MR) is 65.1 cm³/mol. The molecule has 82 valence electrons. The summed E-state index contributed by atoms with van der Waals surface area (Å²) < 4.78 is 0. The largest absolute Gasteiger partial charge is 0.456 e. The van der Waals surface area contributed by atoms with E-state index in [4.69, 9.17) is 0 Å². The Balaban J connectivity index is 2.22. The van der Waals surface area contributed by atoms with E-state index in [0.29, 0.717) is 0 Å². The maximum Gasteiger partial charge on any atom is 0.0426 e. The van der Waals surface area contributed by atoms with Crippen LogP contribution in [0.2, 0.25) is 0 Å². The number of nitrogens with zero attached hydrogens (tertiary/aromatic N) is 2. The first-order valence-corrected chi connectivity index (χ1v) is 5.55. The zero-order valence-corrected chi connectivity index (χ0v) is 9.66. The van der Waals surface area contributed by atoms with Crippen molar-refractivity contribution >= 4 is 5.69 Å². The van der Waals surface area contributed by atoms with Crippen LogP contribution >= 0.6 is 0 Å². The molecule has 0 radical (unpaired) electrons. The summed E-state index contributed by atoms with van der Waals surface area (Å²) in [6, 6.07) is 6.52. The molecule has 2 nitrogen and oxygen atoms in total. The standard InChI is InChI=1S/C13H19N2/c1-11-5-4-6-12(2)13(11)15-9-7-14(3)8-10-15/h4-6H,3,7-10H2,1-2H3/q-1. The number of benzene rings is 1. The first kappa shape index (κ1) is 10.5. The lowest BCUT2D eigenvalue weighted by molar-refractivity contribution is 0.344. The van der Waals surface area contributed by atoms with Gasteiger partial charge in [-0.1, -0.05) is 18.2 Å². The number of rotatable bonds is 1. The Labute approximate surface area is 92.5 Å². The zero-order valence-electron chi connectivity index (χ0n) is 9.66. The number of hydrogen-bond donors (Lipinski definition) is 0. The number of piperazine rings is 1. The molecule has 2 rings (SSSR count). The molecule has 0 unspecified atom stereocenters. The van der Waals surface area contributed by atoms with Crippen molar-refractivity contribution in [3.8, 4) is 0 Å². The predicted octanol–water partition coefficient (Wildman–Crippen LogP) is 2.22. The monoisotopic (exact) mass is 203 g/mol. The Hall–Kier alpha value is -1.02. The minimum atomic E-state index is 1.06. The van der Waals surface area contributed by atoms with E-state index >= 15 is 0 Å². The molecule has 0 bridgehead atoms. The van der Waals surface area contributed by atoms with Gasteiger partial charge in [0.05, 0.1) is 0 Å². The average molecular weight is 203 g/mol. The summed E-state index contributed by atoms with van der Waals surface area (Å²) in [6.07, 6.45) is 0. The quantitative estimate of drug-likeness (QED) is 0.646. The van der Waals surface area contributed by atoms with Gasteiger partial charge in [-0.15, -0.1) is 0 Å². The normalized spacial score (nSPS) is 18.2. The molecule has 0 aromatic heterocycles. The highest BCUT2D eigenvalue weighted by atomic mass is 15.2. The van der Waals surface area contributed by atoms with E-state index in [0.717, 1.165) is 26.2 Å². The molecule has 1 aromatic carbocycles. The van der Waals surface area contributed by atoms with Crippen molar-refractivity contribution in [1.82, 2.24) is 4.90 Å². The van der Waals surface area contributed by atoms with Gasteiger partial charge < -0.3 is 9.80 Å². The zero-order chi connectivity index (χ0) is 10.8. The number of aryl methyl sites for hydroxylation is 2. The van der Waals surface area contributed by atoms with Crippen molar-refractivity contribution in [3.63, 3.8) is 0 Å². The van der Waals surface area contributed by atoms with Crippen LogP contribution in [0.5, 0.6) is 0 Å². The lowest BCUT2D eigenvalue weighted by atomic mass is 10.1. The van der Waals surface area contributed by atoms with Gasteiger partial charge in [-0.25, -0.2) is 0 Å². The molecule has 1 aromatic rings. The Bertz CT molecular complexity index is 318. The van der Waals surface area contributed by atoms with Crippen LogP contribution in [0.1, 0.15) is 11.1 Å². The molecule has 0 aliphatic carbocycles. The van der Waals surface area contributed by atoms with Gasteiger partial charge in [-0.3, -0.25) is 7.05 Å². The van der Waals surface area contributed by atoms with Crippen LogP contribution in [0.15, 0.2) is 18.2 Å². The molecule has 1 aliphatic heterocycles. The van der Waals surface area contributed by atoms with E-state index in [1.807, 2.05) is 0 Å². The Kier molecular flexibility index (Phi) is 2.96. The fourth-order valence-electron chi connectivity index (χ4n) is 2.28. The van der Waals surface area contributed by atoms with E-state index in [-0.39, 0.29) is 0 Å². The molecule has 0 atom stereocenters. The second kappa shape index (κ2) is 4.23. The molecule has 1 fully saturated rings. The molecule has 1 heterocycles. The Morgan fingerprint density at radius 1 is 1.00 bits per heavy atom. The van der Waals surface area contributed by atoms with E-state index in [9.17, 15) is 0 Å². The highest BCUT2D eigenvalue weighted by molar-refractivity contribution is 5.59. The third kappa shape index (κ3) is 2.15. The van der Waals surface area contributed by atoms with Gasteiger partial charge in [0.25, 0.3) is 0 Å². The van der Waals surface area contributed by atoms with Crippen LogP contribution < -0.4 is 4.90 Å². The first-order chi connectivity index (χ1) is 7.18. The lowest BCUT2D eigenvalue weighted by Gasteiger charge is -2.39. The van der Waals surface area contributed by atoms with Crippen LogP contribution in [0.4, 0.5) is 5.69 Å². The van der Waals surface area contributed by atoms with E-state index in [2.05, 4.69) is 48.9 Å². The lowest BCUT2D eigenvalue weighted by Crippen LogP contribution is -2.44. The number of para-hydroxylation sites is 1. The molecule has 15 heavy (non-hydrogen) atoms. The highest BCUT2D eigenvalue weighted by Gasteiger charge is 2.14. The van der Waals surface area contributed by atoms with Crippen molar-refractivity contribution in [3.05, 3.63) is 36.4 Å². The smallest absolute Gasteiger partial charge is 0.0426 e. The molecule has 0 saturated carbocycles. The van der Waals surface area contributed by atoms with Crippen molar-refractivity contribution < 1.29 is 0 Å². The average Bonchev–Trinajstić information content (AvgIpc) is 2.20. The minimum Gasteiger partial charge on any atom is -0.456 e. The van der Waals surface area contributed by atoms with Crippen LogP contribution in [0, 0.1) is 20.9 Å². The van der Waals surface area contributed by atoms with Gasteiger partial charge in [0.2, 0.25) is 0 Å². The molecule has 0 amide bonds. The topological polar surface area (TPSA) is 6.48 Å². The maximum atomic E-state index is 3.98. The summed E-state index contributed by atoms with van der Waals surface area (Å²) in [5.41, 5.74) is 4.19. The molecule has 2 heteroatoms. The van der Waals surface area contributed by atoms with Crippen LogP contribution in [-0.2, 0) is 0 Å². The summed E-state index contributed by atoms with van der Waals surface area (Å²) in [7, 11) is 3.98. The maximum absolute atomic E-state index is 3.98. The van der Waals surface area contributed by atoms with E-state index < -0.39 is 0 Å². The molecule has 0 spiro atoms. The first-order valence-electron chi connectivity index (χ1n) is 5.55. The van der Waals surface area contributed by atoms with Crippen molar-refractivity contribution in [2.24, 2.45) is 0 Å². The molecule has 1 aliphatic rings. The number of hydrogen-bond acceptors (Lipinski definition) is 2. The summed E-state index contributed by atoms with van der Waals surface area (Å²) in [5, 5.41) is 0. The SMILES string of the molecule is [CH2-]N1CCN(c2c(C)cccc2C)CC1. The van der Waals surface area contributed by atoms with Crippen LogP contribution in [0.3, 0.4) is 0 Å². The van der Waals surface area contributed by atoms with E-state index in [1.54, 1.807) is 0 Å². The van der Waals surface area contributed by atoms with Crippen molar-refractivity contribution in [1.29, 1.82) is 0 Å². The van der Waals surface area contributed by atoms with Gasteiger partial charge in [0, 0.05) is 18.8 Å². The Morgan fingerprint density at radius 3 is 2.07 bits per heavy atom. The second-order valence-electron chi connectivity index (χ2n) is 4.35. The van der Waals surface area contributed by atoms with Crippen molar-refractivity contribution in [2.45, 2.75) is 13.8 Å². The summed E-state index contributed by atoms with van der Waals surface area (Å²) in [6.45, 7) is 8.70. The fraction of sp³-hybridized carbons (Fsp3) is 0.462. The number of anilines is 1. The van der Waals surface area contributed by atoms with E-state index in [1.165, 1.54) is 16.8 Å². The highest BCUT2D eigenvalue weighted by Crippen LogP contribution is 2.25. The van der Waals surface area contributed by atoms with Crippen LogP contribution in [-0.4, -0.2) is 31.1 Å². The molecule has 1 saturated heterocycles. The van der Waals surface area contributed by atoms with Crippen LogP contribution in [0.25, 0.3) is 0 Å². The van der Waals surface area contributed by atoms with Gasteiger partial charge in [-0.05, 0) is 38.1 Å². The van der Waals surface area contributed by atoms with Gasteiger partial charge in [-0.2, -0.15) is 0 Å². The van der Waals surface area contributed by atoms with Crippen molar-refractivity contribution in [2.75, 3.05) is 31.1 Å². The third-order valence-corrected chi connectivity index (χ3v) is 3.13.